The zero-order chi connectivity index (χ0) is 48.7. The van der Waals surface area contributed by atoms with Gasteiger partial charge < -0.3 is 23.7 Å². The summed E-state index contributed by atoms with van der Waals surface area (Å²) in [5, 5.41) is 0. The van der Waals surface area contributed by atoms with Crippen molar-refractivity contribution in [1.82, 2.24) is 0 Å². The molecule has 0 bridgehead atoms. The summed E-state index contributed by atoms with van der Waals surface area (Å²) in [5.74, 6) is 2.32. The number of unbranched alkanes of at least 4 members (excludes halogenated alkanes) is 7. The molecule has 68 heavy (non-hydrogen) atoms. The molecule has 0 aliphatic heterocycles. The van der Waals surface area contributed by atoms with Crippen molar-refractivity contribution in [2.45, 2.75) is 91.9 Å². The molecule has 0 saturated carbocycles. The molecule has 362 valence electrons. The third-order valence-corrected chi connectivity index (χ3v) is 10.5. The molecule has 0 atom stereocenters. The van der Waals surface area contributed by atoms with Crippen molar-refractivity contribution in [3.05, 3.63) is 168 Å². The van der Waals surface area contributed by atoms with Crippen LogP contribution in [-0.4, -0.2) is 64.2 Å². The van der Waals surface area contributed by atoms with Gasteiger partial charge in [-0.25, -0.2) is 9.59 Å². The predicted octanol–water partition coefficient (Wildman–Crippen LogP) is 13.7. The summed E-state index contributed by atoms with van der Waals surface area (Å²) in [4.78, 5) is 47.5. The minimum atomic E-state index is -0.460. The van der Waals surface area contributed by atoms with E-state index in [1.165, 1.54) is 60.9 Å². The van der Waals surface area contributed by atoms with E-state index in [0.717, 1.165) is 62.4 Å². The van der Waals surface area contributed by atoms with Gasteiger partial charge in [-0.3, -0.25) is 14.6 Å². The molecule has 0 spiro atoms. The first-order chi connectivity index (χ1) is 32.6. The molecular weight excluding hydrogens is 855 g/mol. The summed E-state index contributed by atoms with van der Waals surface area (Å²) >= 11 is 0. The van der Waals surface area contributed by atoms with Crippen molar-refractivity contribution < 1.29 is 42.9 Å². The summed E-state index contributed by atoms with van der Waals surface area (Å²) in [6.45, 7) is 14.3. The Hall–Kier alpha value is -7.07. The van der Waals surface area contributed by atoms with Gasteiger partial charge in [-0.05, 0) is 134 Å². The monoisotopic (exact) mass is 926 g/mol. The Bertz CT molecular complexity index is 2270. The summed E-state index contributed by atoms with van der Waals surface area (Å²) in [5.41, 5.74) is 7.60. The molecule has 0 aromatic heterocycles. The lowest BCUT2D eigenvalue weighted by Crippen LogP contribution is -2.09. The highest BCUT2D eigenvalue weighted by atomic mass is 16.5. The van der Waals surface area contributed by atoms with E-state index in [1.54, 1.807) is 75.0 Å². The first kappa shape index (κ1) is 57.1. The number of methoxy groups -OCH3 is 1. The Morgan fingerprint density at radius 2 is 1.16 bits per heavy atom. The fourth-order valence-electron chi connectivity index (χ4n) is 6.79. The number of rotatable bonds is 22. The zero-order valence-corrected chi connectivity index (χ0v) is 39.9. The van der Waals surface area contributed by atoms with E-state index in [-0.39, 0.29) is 19.2 Å². The molecule has 0 radical (unpaired) electrons. The number of aldehydes is 1. The van der Waals surface area contributed by atoms with Gasteiger partial charge in [-0.2, -0.15) is 0 Å². The Morgan fingerprint density at radius 3 is 1.65 bits per heavy atom. The topological polar surface area (TPSA) is 127 Å². The fraction of sp³-hybridized carbons (Fsp3) is 0.328. The van der Waals surface area contributed by atoms with Crippen LogP contribution in [0, 0.1) is 0 Å². The summed E-state index contributed by atoms with van der Waals surface area (Å²) in [6.07, 6.45) is 14.8. The maximum atomic E-state index is 12.4. The number of hydrogen-bond acceptors (Lipinski definition) is 10. The number of nitrogens with zero attached hydrogens (tertiary/aromatic N) is 1. The molecule has 1 aliphatic carbocycles. The second kappa shape index (κ2) is 33.4. The standard InChI is InChI=1S/C25H29NO6.C14H20O2.C14H12.C4H6O.CH4/c1-4-24(27)31-16-8-6-5-7-15-30-21-11-9-19(10-12-21)25(28)32-22-13-14-23(29-3)20(17-22)18-26-2;1-2-3-4-5-6-11-16-14-9-7-13(12-15)8-10-14;1-10-11-6-2-4-8-13(11)14-9-5-3-7-12(10)14;1-3-4(2)5;/h4,9-14,17-18H,1,5-8,15-16H2,2-3H3;7-10,12H,2-6,11H2,1H3;2-10H,1H3;3H,1H2,2H3;1H4. The lowest BCUT2D eigenvalue weighted by atomic mass is 10.00. The first-order valence-electron chi connectivity index (χ1n) is 22.9. The number of carbonyl (C=O) groups excluding carboxylic acids is 4. The molecule has 0 fully saturated rings. The van der Waals surface area contributed by atoms with Crippen molar-refractivity contribution >= 4 is 30.2 Å². The van der Waals surface area contributed by atoms with Gasteiger partial charge in [0.1, 0.15) is 29.3 Å². The molecule has 0 heterocycles. The number of ketones is 1. The highest BCUT2D eigenvalue weighted by Gasteiger charge is 2.23. The van der Waals surface area contributed by atoms with Crippen LogP contribution in [0.4, 0.5) is 0 Å². The van der Waals surface area contributed by atoms with Crippen LogP contribution in [-0.2, 0) is 14.3 Å². The van der Waals surface area contributed by atoms with Crippen molar-refractivity contribution in [3.63, 3.8) is 0 Å². The van der Waals surface area contributed by atoms with Crippen molar-refractivity contribution in [3.8, 4) is 34.1 Å². The molecule has 6 rings (SSSR count). The lowest BCUT2D eigenvalue weighted by molar-refractivity contribution is -0.137. The van der Waals surface area contributed by atoms with E-state index in [1.807, 2.05) is 12.1 Å². The zero-order valence-electron chi connectivity index (χ0n) is 39.9. The number of fused-ring (bicyclic) bond motifs is 3. The fourth-order valence-corrected chi connectivity index (χ4v) is 6.79. The Labute approximate surface area is 405 Å². The van der Waals surface area contributed by atoms with Gasteiger partial charge in [-0.15, -0.1) is 0 Å². The maximum absolute atomic E-state index is 12.4. The second-order valence-corrected chi connectivity index (χ2v) is 15.5. The smallest absolute Gasteiger partial charge is 0.343 e. The van der Waals surface area contributed by atoms with E-state index in [2.05, 4.69) is 80.5 Å². The van der Waals surface area contributed by atoms with Crippen LogP contribution < -0.4 is 18.9 Å². The SMILES string of the molecule is C.C=CC(=O)OCCCCCCOc1ccc(C(=O)Oc2ccc(OC)c(C=NC)c2)cc1.C=CC(C)=O.CC1c2ccccc2-c2ccccc21.CCCCCCCOc1ccc(C=O)cc1. The number of benzene rings is 5. The lowest BCUT2D eigenvalue weighted by Gasteiger charge is -2.09. The minimum Gasteiger partial charge on any atom is -0.496 e. The number of allylic oxidation sites excluding steroid dienone is 1. The molecule has 10 heteroatoms. The highest BCUT2D eigenvalue weighted by molar-refractivity contribution is 5.92. The highest BCUT2D eigenvalue weighted by Crippen LogP contribution is 2.43. The Balaban J connectivity index is 0.000000364. The summed E-state index contributed by atoms with van der Waals surface area (Å²) in [7, 11) is 3.23. The van der Waals surface area contributed by atoms with Crippen LogP contribution in [0.1, 0.15) is 129 Å². The Kier molecular flexibility index (Phi) is 28.0. The van der Waals surface area contributed by atoms with Crippen LogP contribution in [0.5, 0.6) is 23.0 Å². The van der Waals surface area contributed by atoms with E-state index in [0.29, 0.717) is 47.5 Å². The Morgan fingerprint density at radius 1 is 0.662 bits per heavy atom. The minimum absolute atomic E-state index is 0. The van der Waals surface area contributed by atoms with Crippen LogP contribution in [0.15, 0.2) is 146 Å². The largest absolute Gasteiger partial charge is 0.496 e. The van der Waals surface area contributed by atoms with E-state index in [4.69, 9.17) is 23.7 Å². The number of hydrogen-bond donors (Lipinski definition) is 0. The molecule has 10 nitrogen and oxygen atoms in total. The molecule has 1 aliphatic rings. The van der Waals surface area contributed by atoms with Crippen LogP contribution in [0.3, 0.4) is 0 Å². The van der Waals surface area contributed by atoms with Gasteiger partial charge in [-0.1, -0.05) is 109 Å². The van der Waals surface area contributed by atoms with Gasteiger partial charge in [0.15, 0.2) is 5.78 Å². The van der Waals surface area contributed by atoms with Crippen molar-refractivity contribution in [2.75, 3.05) is 34.0 Å². The molecule has 0 unspecified atom stereocenters. The second-order valence-electron chi connectivity index (χ2n) is 15.5. The van der Waals surface area contributed by atoms with Gasteiger partial charge in [0, 0.05) is 36.4 Å². The third-order valence-electron chi connectivity index (χ3n) is 10.5. The van der Waals surface area contributed by atoms with Gasteiger partial charge in [0.2, 0.25) is 0 Å². The molecule has 0 saturated heterocycles. The summed E-state index contributed by atoms with van der Waals surface area (Å²) in [6, 6.07) is 36.6. The van der Waals surface area contributed by atoms with Crippen molar-refractivity contribution in [1.29, 1.82) is 0 Å². The van der Waals surface area contributed by atoms with Crippen LogP contribution >= 0.6 is 0 Å². The maximum Gasteiger partial charge on any atom is 0.343 e. The van der Waals surface area contributed by atoms with Gasteiger partial charge in [0.05, 0.1) is 32.5 Å². The quantitative estimate of drug-likeness (QED) is 0.0166. The number of ether oxygens (including phenoxy) is 5. The van der Waals surface area contributed by atoms with Gasteiger partial charge >= 0.3 is 11.9 Å². The van der Waals surface area contributed by atoms with E-state index in [9.17, 15) is 19.2 Å². The summed E-state index contributed by atoms with van der Waals surface area (Å²) < 4.78 is 26.9. The molecule has 5 aromatic carbocycles. The molecule has 0 amide bonds. The average Bonchev–Trinajstić information content (AvgIpc) is 3.65. The number of esters is 2. The molecular formula is C58H71NO9. The van der Waals surface area contributed by atoms with Crippen LogP contribution in [0.2, 0.25) is 0 Å². The third kappa shape index (κ3) is 20.6. The number of carbonyl (C=O) groups is 4. The van der Waals surface area contributed by atoms with E-state index < -0.39 is 5.97 Å². The van der Waals surface area contributed by atoms with Crippen molar-refractivity contribution in [2.24, 2.45) is 4.99 Å². The number of aliphatic imine (C=N–C) groups is 1. The van der Waals surface area contributed by atoms with E-state index >= 15 is 0 Å². The molecule has 0 N–H and O–H groups in total. The molecule has 5 aromatic rings. The van der Waals surface area contributed by atoms with Gasteiger partial charge in [0.25, 0.3) is 0 Å². The predicted molar refractivity (Wildman–Crippen MR) is 276 cm³/mol. The van der Waals surface area contributed by atoms with Crippen LogP contribution in [0.25, 0.3) is 11.1 Å². The normalized spacial score (nSPS) is 10.7. The average molecular weight is 926 g/mol. The first-order valence-corrected chi connectivity index (χ1v) is 22.9.